The zero-order valence-electron chi connectivity index (χ0n) is 18.2. The van der Waals surface area contributed by atoms with Crippen molar-refractivity contribution in [3.8, 4) is 17.6 Å². The molecule has 3 aromatic rings. The van der Waals surface area contributed by atoms with Gasteiger partial charge in [-0.3, -0.25) is 4.79 Å². The van der Waals surface area contributed by atoms with E-state index in [1.165, 1.54) is 5.56 Å². The molecular formula is C26H22I2N2O3. The fourth-order valence-corrected chi connectivity index (χ4v) is 5.23. The molecule has 3 rings (SSSR count). The molecule has 0 aliphatic heterocycles. The van der Waals surface area contributed by atoms with Gasteiger partial charge in [-0.25, -0.2) is 0 Å². The second kappa shape index (κ2) is 12.0. The van der Waals surface area contributed by atoms with Crippen molar-refractivity contribution >= 4 is 62.9 Å². The Morgan fingerprint density at radius 3 is 2.45 bits per heavy atom. The number of amides is 1. The quantitative estimate of drug-likeness (QED) is 0.165. The summed E-state index contributed by atoms with van der Waals surface area (Å²) in [6.07, 6.45) is 1.58. The molecule has 0 atom stereocenters. The summed E-state index contributed by atoms with van der Waals surface area (Å²) in [6, 6.07) is 21.1. The highest BCUT2D eigenvalue weighted by molar-refractivity contribution is 14.1. The molecule has 0 heterocycles. The number of hydrogen-bond acceptors (Lipinski definition) is 4. The molecule has 0 aliphatic rings. The van der Waals surface area contributed by atoms with E-state index >= 15 is 0 Å². The van der Waals surface area contributed by atoms with Crippen LogP contribution < -0.4 is 14.8 Å². The van der Waals surface area contributed by atoms with Gasteiger partial charge in [-0.2, -0.15) is 5.26 Å². The zero-order chi connectivity index (χ0) is 23.8. The Kier molecular flexibility index (Phi) is 9.14. The summed E-state index contributed by atoms with van der Waals surface area (Å²) in [5.41, 5.74) is 3.62. The average molecular weight is 664 g/mol. The number of carbonyl (C=O) groups excluding carboxylic acids is 1. The molecule has 33 heavy (non-hydrogen) atoms. The predicted octanol–water partition coefficient (Wildman–Crippen LogP) is 6.73. The maximum Gasteiger partial charge on any atom is 0.266 e. The van der Waals surface area contributed by atoms with Gasteiger partial charge in [-0.05, 0) is 100 Å². The lowest BCUT2D eigenvalue weighted by molar-refractivity contribution is -0.112. The minimum absolute atomic E-state index is 0.0110. The van der Waals surface area contributed by atoms with E-state index in [1.807, 2.05) is 43.3 Å². The second-order valence-corrected chi connectivity index (χ2v) is 9.50. The highest BCUT2D eigenvalue weighted by atomic mass is 127. The Labute approximate surface area is 221 Å². The van der Waals surface area contributed by atoms with E-state index in [4.69, 9.17) is 9.47 Å². The summed E-state index contributed by atoms with van der Waals surface area (Å²) < 4.78 is 13.3. The van der Waals surface area contributed by atoms with E-state index < -0.39 is 5.91 Å². The van der Waals surface area contributed by atoms with Crippen molar-refractivity contribution in [2.75, 3.05) is 11.9 Å². The molecule has 0 spiro atoms. The van der Waals surface area contributed by atoms with Crippen LogP contribution in [0.15, 0.2) is 66.2 Å². The highest BCUT2D eigenvalue weighted by Gasteiger charge is 2.13. The molecule has 0 unspecified atom stereocenters. The van der Waals surface area contributed by atoms with E-state index in [9.17, 15) is 10.1 Å². The molecule has 0 bridgehead atoms. The van der Waals surface area contributed by atoms with E-state index in [2.05, 4.69) is 69.6 Å². The molecular weight excluding hydrogens is 642 g/mol. The molecule has 7 heteroatoms. The molecule has 0 saturated heterocycles. The predicted molar refractivity (Wildman–Crippen MR) is 147 cm³/mol. The summed E-state index contributed by atoms with van der Waals surface area (Å²) in [5.74, 6) is 0.963. The third kappa shape index (κ3) is 7.20. The molecule has 1 amide bonds. The monoisotopic (exact) mass is 664 g/mol. The number of nitriles is 1. The molecule has 168 valence electrons. The fraction of sp³-hybridized carbons (Fsp3) is 0.154. The van der Waals surface area contributed by atoms with E-state index in [1.54, 1.807) is 24.3 Å². The van der Waals surface area contributed by atoms with Crippen molar-refractivity contribution in [1.29, 1.82) is 5.26 Å². The first kappa shape index (κ1) is 25.1. The van der Waals surface area contributed by atoms with Gasteiger partial charge in [-0.1, -0.05) is 35.9 Å². The Hall–Kier alpha value is -2.58. The van der Waals surface area contributed by atoms with E-state index in [0.29, 0.717) is 24.7 Å². The first-order valence-corrected chi connectivity index (χ1v) is 12.4. The van der Waals surface area contributed by atoms with E-state index in [0.717, 1.165) is 24.0 Å². The van der Waals surface area contributed by atoms with Crippen LogP contribution in [0.4, 0.5) is 5.69 Å². The number of hydrogen-bond donors (Lipinski definition) is 1. The van der Waals surface area contributed by atoms with Gasteiger partial charge in [0.15, 0.2) is 0 Å². The maximum atomic E-state index is 12.7. The molecule has 0 aromatic heterocycles. The molecule has 0 saturated carbocycles. The number of nitrogens with one attached hydrogen (secondary N) is 1. The third-order valence-corrected chi connectivity index (χ3v) is 6.17. The molecule has 0 radical (unpaired) electrons. The number of ether oxygens (including phenoxy) is 2. The van der Waals surface area contributed by atoms with Gasteiger partial charge in [0, 0.05) is 11.8 Å². The average Bonchev–Trinajstić information content (AvgIpc) is 2.77. The summed E-state index contributed by atoms with van der Waals surface area (Å²) >= 11 is 4.42. The van der Waals surface area contributed by atoms with Gasteiger partial charge in [0.25, 0.3) is 5.91 Å². The Morgan fingerprint density at radius 1 is 1.06 bits per heavy atom. The molecule has 0 fully saturated rings. The van der Waals surface area contributed by atoms with Crippen molar-refractivity contribution in [2.45, 2.75) is 20.5 Å². The van der Waals surface area contributed by atoms with Crippen molar-refractivity contribution in [3.63, 3.8) is 0 Å². The number of aryl methyl sites for hydroxylation is 1. The van der Waals surface area contributed by atoms with Crippen molar-refractivity contribution < 1.29 is 14.3 Å². The molecule has 5 nitrogen and oxygen atoms in total. The highest BCUT2D eigenvalue weighted by Crippen LogP contribution is 2.30. The number of halogens is 2. The second-order valence-electron chi connectivity index (χ2n) is 7.18. The lowest BCUT2D eigenvalue weighted by Gasteiger charge is -2.12. The zero-order valence-corrected chi connectivity index (χ0v) is 22.5. The van der Waals surface area contributed by atoms with Crippen molar-refractivity contribution in [2.24, 2.45) is 0 Å². The number of anilines is 1. The van der Waals surface area contributed by atoms with Gasteiger partial charge >= 0.3 is 0 Å². The van der Waals surface area contributed by atoms with Gasteiger partial charge in [-0.15, -0.1) is 0 Å². The number of benzene rings is 3. The van der Waals surface area contributed by atoms with Crippen LogP contribution in [0.2, 0.25) is 0 Å². The van der Waals surface area contributed by atoms with Crippen LogP contribution in [0.1, 0.15) is 23.6 Å². The Balaban J connectivity index is 1.76. The molecule has 0 aliphatic carbocycles. The number of carbonyl (C=O) groups is 1. The normalized spacial score (nSPS) is 10.9. The molecule has 3 aromatic carbocycles. The summed E-state index contributed by atoms with van der Waals surface area (Å²) in [6.45, 7) is 4.94. The number of nitrogens with zero attached hydrogens (tertiary/aromatic N) is 1. The number of rotatable bonds is 8. The van der Waals surface area contributed by atoms with Crippen molar-refractivity contribution in [3.05, 3.63) is 90.1 Å². The van der Waals surface area contributed by atoms with Crippen LogP contribution in [0.5, 0.6) is 11.5 Å². The summed E-state index contributed by atoms with van der Waals surface area (Å²) in [4.78, 5) is 12.7. The van der Waals surface area contributed by atoms with Gasteiger partial charge < -0.3 is 14.8 Å². The first-order chi connectivity index (χ1) is 15.9. The van der Waals surface area contributed by atoms with Crippen LogP contribution in [0.25, 0.3) is 6.08 Å². The van der Waals surface area contributed by atoms with Crippen LogP contribution in [0, 0.1) is 25.4 Å². The van der Waals surface area contributed by atoms with E-state index in [-0.39, 0.29) is 5.57 Å². The van der Waals surface area contributed by atoms with Crippen molar-refractivity contribution in [1.82, 2.24) is 0 Å². The van der Waals surface area contributed by atoms with Gasteiger partial charge in [0.2, 0.25) is 0 Å². The smallest absolute Gasteiger partial charge is 0.266 e. The summed E-state index contributed by atoms with van der Waals surface area (Å²) in [5, 5.41) is 12.3. The Morgan fingerprint density at radius 2 is 1.79 bits per heavy atom. The van der Waals surface area contributed by atoms with Crippen LogP contribution >= 0.6 is 45.2 Å². The lowest BCUT2D eigenvalue weighted by Crippen LogP contribution is -2.13. The van der Waals surface area contributed by atoms with Gasteiger partial charge in [0.05, 0.1) is 13.7 Å². The SMILES string of the molecule is CCOc1cccc(NC(=O)/C(C#N)=C\c2cc(I)c(OCc3cccc(C)c3)c(I)c2)c1. The van der Waals surface area contributed by atoms with Gasteiger partial charge in [0.1, 0.15) is 29.7 Å². The van der Waals surface area contributed by atoms with Crippen LogP contribution in [-0.4, -0.2) is 12.5 Å². The fourth-order valence-electron chi connectivity index (χ4n) is 3.10. The Bertz CT molecular complexity index is 1210. The first-order valence-electron chi connectivity index (χ1n) is 10.2. The molecule has 1 N–H and O–H groups in total. The van der Waals surface area contributed by atoms with Crippen LogP contribution in [0.3, 0.4) is 0 Å². The maximum absolute atomic E-state index is 12.7. The topological polar surface area (TPSA) is 71.3 Å². The standard InChI is InChI=1S/C26H22I2N2O3/c1-3-32-22-9-5-8-21(14-22)30-26(31)20(15-29)11-19-12-23(27)25(24(28)13-19)33-16-18-7-4-6-17(2)10-18/h4-14H,3,16H2,1-2H3,(H,30,31)/b20-11-. The minimum atomic E-state index is -0.476. The lowest BCUT2D eigenvalue weighted by atomic mass is 10.1. The summed E-state index contributed by atoms with van der Waals surface area (Å²) in [7, 11) is 0. The third-order valence-electron chi connectivity index (χ3n) is 4.57. The largest absolute Gasteiger partial charge is 0.494 e. The van der Waals surface area contributed by atoms with Crippen LogP contribution in [-0.2, 0) is 11.4 Å². The minimum Gasteiger partial charge on any atom is -0.494 e.